The summed E-state index contributed by atoms with van der Waals surface area (Å²) in [6.07, 6.45) is 1.50. The van der Waals surface area contributed by atoms with Crippen molar-refractivity contribution in [3.63, 3.8) is 0 Å². The Morgan fingerprint density at radius 3 is 2.79 bits per heavy atom. The molecule has 1 amide bonds. The van der Waals surface area contributed by atoms with E-state index in [4.69, 9.17) is 10.8 Å². The molecule has 2 rings (SSSR count). The minimum Gasteiger partial charge on any atom is -0.480 e. The van der Waals surface area contributed by atoms with Gasteiger partial charge in [0.2, 0.25) is 0 Å². The van der Waals surface area contributed by atoms with Crippen LogP contribution in [0.1, 0.15) is 10.5 Å². The molecule has 0 atom stereocenters. The molecule has 0 fully saturated rings. The average molecular weight is 259 g/mol. The molecule has 0 unspecified atom stereocenters. The molecular weight excluding hydrogens is 246 g/mol. The lowest BCUT2D eigenvalue weighted by molar-refractivity contribution is -0.137. The summed E-state index contributed by atoms with van der Waals surface area (Å²) >= 11 is 0. The van der Waals surface area contributed by atoms with Gasteiger partial charge in [-0.3, -0.25) is 14.6 Å². The summed E-state index contributed by atoms with van der Waals surface area (Å²) in [5, 5.41) is 10.1. The van der Waals surface area contributed by atoms with Gasteiger partial charge in [0, 0.05) is 24.3 Å². The van der Waals surface area contributed by atoms with Gasteiger partial charge in [0.25, 0.3) is 5.91 Å². The molecular formula is C13H13N3O3. The normalized spacial score (nSPS) is 10.4. The average Bonchev–Trinajstić information content (AvgIpc) is 2.36. The maximum absolute atomic E-state index is 12.2. The number of amides is 1. The standard InChI is InChI=1S/C13H13N3O3/c1-16(7-10(17)18)13(19)12-11-8(5-6-15-12)3-2-4-9(11)14/h2-6H,7,14H2,1H3,(H,17,18). The number of carboxylic acid groups (broad SMARTS) is 1. The molecule has 0 aliphatic heterocycles. The minimum absolute atomic E-state index is 0.166. The highest BCUT2D eigenvalue weighted by Crippen LogP contribution is 2.23. The first-order valence-electron chi connectivity index (χ1n) is 5.61. The van der Waals surface area contributed by atoms with Gasteiger partial charge < -0.3 is 15.7 Å². The van der Waals surface area contributed by atoms with Crippen LogP contribution >= 0.6 is 0 Å². The Balaban J connectivity index is 2.51. The molecule has 0 saturated carbocycles. The lowest BCUT2D eigenvalue weighted by Gasteiger charge is -2.15. The number of aliphatic carboxylic acids is 1. The zero-order valence-electron chi connectivity index (χ0n) is 10.3. The maximum Gasteiger partial charge on any atom is 0.323 e. The number of aromatic nitrogens is 1. The SMILES string of the molecule is CN(CC(=O)O)C(=O)c1nccc2cccc(N)c12. The van der Waals surface area contributed by atoms with Crippen LogP contribution in [0.3, 0.4) is 0 Å². The molecule has 1 aromatic heterocycles. The molecule has 1 aromatic carbocycles. The number of rotatable bonds is 3. The van der Waals surface area contributed by atoms with Crippen LogP contribution in [0.2, 0.25) is 0 Å². The van der Waals surface area contributed by atoms with Crippen molar-refractivity contribution in [1.29, 1.82) is 0 Å². The highest BCUT2D eigenvalue weighted by atomic mass is 16.4. The predicted octanol–water partition coefficient (Wildman–Crippen LogP) is 0.974. The Hall–Kier alpha value is -2.63. The second kappa shape index (κ2) is 4.93. The van der Waals surface area contributed by atoms with Crippen LogP contribution in [0.25, 0.3) is 10.8 Å². The van der Waals surface area contributed by atoms with E-state index in [1.807, 2.05) is 6.07 Å². The molecule has 6 heteroatoms. The number of pyridine rings is 1. The Bertz CT molecular complexity index is 649. The highest BCUT2D eigenvalue weighted by molar-refractivity contribution is 6.09. The van der Waals surface area contributed by atoms with Gasteiger partial charge in [0.05, 0.1) is 0 Å². The van der Waals surface area contributed by atoms with Gasteiger partial charge in [-0.2, -0.15) is 0 Å². The Labute approximate surface area is 109 Å². The van der Waals surface area contributed by atoms with Crippen LogP contribution < -0.4 is 5.73 Å². The second-order valence-electron chi connectivity index (χ2n) is 4.16. The number of likely N-dealkylation sites (N-methyl/N-ethyl adjacent to an activating group) is 1. The second-order valence-corrected chi connectivity index (χ2v) is 4.16. The minimum atomic E-state index is -1.08. The van der Waals surface area contributed by atoms with Crippen molar-refractivity contribution in [2.24, 2.45) is 0 Å². The smallest absolute Gasteiger partial charge is 0.323 e. The van der Waals surface area contributed by atoms with E-state index >= 15 is 0 Å². The van der Waals surface area contributed by atoms with Crippen molar-refractivity contribution in [3.8, 4) is 0 Å². The number of anilines is 1. The van der Waals surface area contributed by atoms with Crippen molar-refractivity contribution in [2.45, 2.75) is 0 Å². The molecule has 0 bridgehead atoms. The number of benzene rings is 1. The van der Waals surface area contributed by atoms with Crippen LogP contribution in [-0.2, 0) is 4.79 Å². The van der Waals surface area contributed by atoms with Gasteiger partial charge in [-0.05, 0) is 17.5 Å². The third-order valence-electron chi connectivity index (χ3n) is 2.75. The Morgan fingerprint density at radius 2 is 2.11 bits per heavy atom. The summed E-state index contributed by atoms with van der Waals surface area (Å²) in [4.78, 5) is 28.0. The van der Waals surface area contributed by atoms with Gasteiger partial charge in [-0.15, -0.1) is 0 Å². The number of hydrogen-bond donors (Lipinski definition) is 2. The van der Waals surface area contributed by atoms with Gasteiger partial charge in [0.1, 0.15) is 12.2 Å². The quantitative estimate of drug-likeness (QED) is 0.801. The third-order valence-corrected chi connectivity index (χ3v) is 2.75. The highest BCUT2D eigenvalue weighted by Gasteiger charge is 2.19. The number of hydrogen-bond acceptors (Lipinski definition) is 4. The van der Waals surface area contributed by atoms with Gasteiger partial charge in [-0.25, -0.2) is 0 Å². The van der Waals surface area contributed by atoms with E-state index in [0.29, 0.717) is 11.1 Å². The number of carbonyl (C=O) groups excluding carboxylic acids is 1. The molecule has 6 nitrogen and oxygen atoms in total. The Morgan fingerprint density at radius 1 is 1.37 bits per heavy atom. The molecule has 1 heterocycles. The molecule has 3 N–H and O–H groups in total. The number of carboxylic acids is 1. The predicted molar refractivity (Wildman–Crippen MR) is 70.8 cm³/mol. The van der Waals surface area contributed by atoms with Gasteiger partial charge >= 0.3 is 5.97 Å². The van der Waals surface area contributed by atoms with E-state index in [1.54, 1.807) is 18.2 Å². The van der Waals surface area contributed by atoms with Crippen molar-refractivity contribution < 1.29 is 14.7 Å². The first kappa shape index (κ1) is 12.8. The number of nitrogens with zero attached hydrogens (tertiary/aromatic N) is 2. The molecule has 0 saturated heterocycles. The van der Waals surface area contributed by atoms with E-state index in [1.165, 1.54) is 13.2 Å². The van der Waals surface area contributed by atoms with Crippen molar-refractivity contribution in [2.75, 3.05) is 19.3 Å². The van der Waals surface area contributed by atoms with Gasteiger partial charge in [0.15, 0.2) is 0 Å². The first-order valence-corrected chi connectivity index (χ1v) is 5.61. The fraction of sp³-hybridized carbons (Fsp3) is 0.154. The maximum atomic E-state index is 12.2. The van der Waals surface area contributed by atoms with E-state index < -0.39 is 11.9 Å². The molecule has 19 heavy (non-hydrogen) atoms. The van der Waals surface area contributed by atoms with E-state index in [2.05, 4.69) is 4.98 Å². The number of fused-ring (bicyclic) bond motifs is 1. The molecule has 0 aliphatic carbocycles. The van der Waals surface area contributed by atoms with Crippen LogP contribution in [-0.4, -0.2) is 40.5 Å². The monoisotopic (exact) mass is 259 g/mol. The molecule has 2 aromatic rings. The molecule has 0 aliphatic rings. The third kappa shape index (κ3) is 2.47. The molecule has 0 radical (unpaired) electrons. The summed E-state index contributed by atoms with van der Waals surface area (Å²) in [5.41, 5.74) is 6.48. The molecule has 98 valence electrons. The number of carbonyl (C=O) groups is 2. The van der Waals surface area contributed by atoms with Crippen LogP contribution in [0.4, 0.5) is 5.69 Å². The first-order chi connectivity index (χ1) is 9.00. The lowest BCUT2D eigenvalue weighted by Crippen LogP contribution is -2.32. The lowest BCUT2D eigenvalue weighted by atomic mass is 10.1. The van der Waals surface area contributed by atoms with E-state index in [0.717, 1.165) is 10.3 Å². The van der Waals surface area contributed by atoms with Crippen LogP contribution in [0.5, 0.6) is 0 Å². The number of nitrogen functional groups attached to an aromatic ring is 1. The fourth-order valence-electron chi connectivity index (χ4n) is 1.88. The summed E-state index contributed by atoms with van der Waals surface area (Å²) in [5.74, 6) is -1.55. The van der Waals surface area contributed by atoms with E-state index in [9.17, 15) is 9.59 Å². The van der Waals surface area contributed by atoms with Crippen LogP contribution in [0, 0.1) is 0 Å². The Kier molecular flexibility index (Phi) is 3.33. The largest absolute Gasteiger partial charge is 0.480 e. The topological polar surface area (TPSA) is 96.5 Å². The van der Waals surface area contributed by atoms with Crippen molar-refractivity contribution >= 4 is 28.3 Å². The summed E-state index contributed by atoms with van der Waals surface area (Å²) in [6, 6.07) is 7.03. The zero-order chi connectivity index (χ0) is 14.0. The summed E-state index contributed by atoms with van der Waals surface area (Å²) in [6.45, 7) is -0.385. The van der Waals surface area contributed by atoms with Crippen molar-refractivity contribution in [1.82, 2.24) is 9.88 Å². The fourth-order valence-corrected chi connectivity index (χ4v) is 1.88. The zero-order valence-corrected chi connectivity index (χ0v) is 10.3. The summed E-state index contributed by atoms with van der Waals surface area (Å²) < 4.78 is 0. The van der Waals surface area contributed by atoms with Crippen molar-refractivity contribution in [3.05, 3.63) is 36.2 Å². The number of nitrogens with two attached hydrogens (primary N) is 1. The van der Waals surface area contributed by atoms with E-state index in [-0.39, 0.29) is 12.2 Å². The van der Waals surface area contributed by atoms with Gasteiger partial charge in [-0.1, -0.05) is 12.1 Å². The summed E-state index contributed by atoms with van der Waals surface area (Å²) in [7, 11) is 1.41. The molecule has 0 spiro atoms. The van der Waals surface area contributed by atoms with Crippen LogP contribution in [0.15, 0.2) is 30.5 Å².